The first-order valence-electron chi connectivity index (χ1n) is 8.40. The highest BCUT2D eigenvalue weighted by atomic mass is 35.5. The molecule has 1 heterocycles. The minimum Gasteiger partial charge on any atom is -0.494 e. The Balaban J connectivity index is 0.00000338. The molecule has 1 aliphatic heterocycles. The van der Waals surface area contributed by atoms with Gasteiger partial charge >= 0.3 is 6.18 Å². The summed E-state index contributed by atoms with van der Waals surface area (Å²) in [7, 11) is 0. The van der Waals surface area contributed by atoms with Crippen LogP contribution in [0.2, 0.25) is 0 Å². The zero-order valence-corrected chi connectivity index (χ0v) is 15.5. The van der Waals surface area contributed by atoms with Gasteiger partial charge in [-0.1, -0.05) is 12.1 Å². The Labute approximate surface area is 157 Å². The SMILES string of the molecule is CCOc1ccc(CC(=O)NCC(N2CCNCC2)C(F)(F)F)cc1.Cl. The number of halogens is 4. The number of benzene rings is 1. The molecule has 0 bridgehead atoms. The van der Waals surface area contributed by atoms with E-state index in [-0.39, 0.29) is 18.8 Å². The molecule has 26 heavy (non-hydrogen) atoms. The van der Waals surface area contributed by atoms with Gasteiger partial charge in [-0.2, -0.15) is 13.2 Å². The number of carbonyl (C=O) groups is 1. The van der Waals surface area contributed by atoms with Crippen LogP contribution in [0, 0.1) is 0 Å². The number of amides is 1. The molecule has 1 fully saturated rings. The van der Waals surface area contributed by atoms with E-state index in [0.717, 1.165) is 5.56 Å². The van der Waals surface area contributed by atoms with E-state index in [4.69, 9.17) is 4.74 Å². The molecule has 0 aromatic heterocycles. The summed E-state index contributed by atoms with van der Waals surface area (Å²) in [6.45, 7) is 3.66. The van der Waals surface area contributed by atoms with Gasteiger partial charge in [0.05, 0.1) is 13.0 Å². The molecule has 0 spiro atoms. The average Bonchev–Trinajstić information content (AvgIpc) is 2.57. The Morgan fingerprint density at radius 3 is 2.42 bits per heavy atom. The summed E-state index contributed by atoms with van der Waals surface area (Å²) in [5.41, 5.74) is 0.728. The van der Waals surface area contributed by atoms with Gasteiger partial charge in [-0.15, -0.1) is 12.4 Å². The van der Waals surface area contributed by atoms with E-state index < -0.39 is 24.7 Å². The van der Waals surface area contributed by atoms with Crippen LogP contribution in [0.1, 0.15) is 12.5 Å². The molecule has 0 aliphatic carbocycles. The molecular formula is C17H25ClF3N3O2. The highest BCUT2D eigenvalue weighted by Gasteiger charge is 2.43. The number of alkyl halides is 3. The van der Waals surface area contributed by atoms with E-state index in [9.17, 15) is 18.0 Å². The molecule has 1 saturated heterocycles. The first kappa shape index (κ1) is 22.5. The highest BCUT2D eigenvalue weighted by Crippen LogP contribution is 2.24. The molecule has 2 N–H and O–H groups in total. The van der Waals surface area contributed by atoms with E-state index >= 15 is 0 Å². The molecule has 9 heteroatoms. The number of hydrogen-bond acceptors (Lipinski definition) is 4. The normalized spacial score (nSPS) is 16.5. The largest absolute Gasteiger partial charge is 0.494 e. The van der Waals surface area contributed by atoms with Gasteiger partial charge in [0.1, 0.15) is 11.8 Å². The van der Waals surface area contributed by atoms with E-state index in [0.29, 0.717) is 38.5 Å². The monoisotopic (exact) mass is 395 g/mol. The molecule has 1 unspecified atom stereocenters. The zero-order valence-electron chi connectivity index (χ0n) is 14.6. The van der Waals surface area contributed by atoms with Gasteiger partial charge < -0.3 is 15.4 Å². The smallest absolute Gasteiger partial charge is 0.405 e. The van der Waals surface area contributed by atoms with Crippen LogP contribution in [0.15, 0.2) is 24.3 Å². The Hall–Kier alpha value is -1.51. The van der Waals surface area contributed by atoms with Crippen molar-refractivity contribution in [2.45, 2.75) is 25.6 Å². The second-order valence-corrected chi connectivity index (χ2v) is 5.90. The number of nitrogens with one attached hydrogen (secondary N) is 2. The van der Waals surface area contributed by atoms with Crippen molar-refractivity contribution in [3.63, 3.8) is 0 Å². The Bertz CT molecular complexity index is 549. The Morgan fingerprint density at radius 1 is 1.27 bits per heavy atom. The molecule has 1 amide bonds. The summed E-state index contributed by atoms with van der Waals surface area (Å²) in [5, 5.41) is 5.45. The zero-order chi connectivity index (χ0) is 18.3. The standard InChI is InChI=1S/C17H24F3N3O2.ClH/c1-2-25-14-5-3-13(4-6-14)11-16(24)22-12-15(17(18,19)20)23-9-7-21-8-10-23;/h3-6,15,21H,2,7-12H2,1H3,(H,22,24);1H. The van der Waals surface area contributed by atoms with Crippen molar-refractivity contribution in [1.82, 2.24) is 15.5 Å². The molecule has 5 nitrogen and oxygen atoms in total. The van der Waals surface area contributed by atoms with Gasteiger partial charge in [-0.25, -0.2) is 0 Å². The summed E-state index contributed by atoms with van der Waals surface area (Å²) in [5.74, 6) is 0.274. The predicted molar refractivity (Wildman–Crippen MR) is 95.9 cm³/mol. The maximum absolute atomic E-state index is 13.3. The van der Waals surface area contributed by atoms with E-state index in [1.165, 1.54) is 4.90 Å². The summed E-state index contributed by atoms with van der Waals surface area (Å²) in [4.78, 5) is 13.4. The second-order valence-electron chi connectivity index (χ2n) is 5.90. The molecule has 2 rings (SSSR count). The molecule has 1 aromatic carbocycles. The fourth-order valence-corrected chi connectivity index (χ4v) is 2.77. The second kappa shape index (κ2) is 10.6. The van der Waals surface area contributed by atoms with Crippen LogP contribution >= 0.6 is 12.4 Å². The van der Waals surface area contributed by atoms with Crippen molar-refractivity contribution in [3.8, 4) is 5.75 Å². The molecule has 1 atom stereocenters. The first-order chi connectivity index (χ1) is 11.9. The van der Waals surface area contributed by atoms with Gasteiger partial charge in [-0.3, -0.25) is 9.69 Å². The van der Waals surface area contributed by atoms with E-state index in [1.54, 1.807) is 24.3 Å². The number of piperazine rings is 1. The average molecular weight is 396 g/mol. The molecular weight excluding hydrogens is 371 g/mol. The van der Waals surface area contributed by atoms with Crippen LogP contribution in [0.25, 0.3) is 0 Å². The first-order valence-corrected chi connectivity index (χ1v) is 8.40. The fraction of sp³-hybridized carbons (Fsp3) is 0.588. The lowest BCUT2D eigenvalue weighted by molar-refractivity contribution is -0.184. The van der Waals surface area contributed by atoms with Crippen molar-refractivity contribution >= 4 is 18.3 Å². The maximum atomic E-state index is 13.3. The molecule has 0 saturated carbocycles. The molecule has 1 aliphatic rings. The van der Waals surface area contributed by atoms with Gasteiger partial charge in [0.15, 0.2) is 0 Å². The number of carbonyl (C=O) groups excluding carboxylic acids is 1. The van der Waals surface area contributed by atoms with Crippen LogP contribution in [0.4, 0.5) is 13.2 Å². The van der Waals surface area contributed by atoms with Crippen molar-refractivity contribution in [2.75, 3.05) is 39.3 Å². The van der Waals surface area contributed by atoms with Crippen molar-refractivity contribution in [2.24, 2.45) is 0 Å². The summed E-state index contributed by atoms with van der Waals surface area (Å²) >= 11 is 0. The third-order valence-corrected chi connectivity index (χ3v) is 4.06. The number of ether oxygens (including phenoxy) is 1. The summed E-state index contributed by atoms with van der Waals surface area (Å²) in [6, 6.07) is 5.31. The van der Waals surface area contributed by atoms with Crippen molar-refractivity contribution in [1.29, 1.82) is 0 Å². The van der Waals surface area contributed by atoms with Crippen LogP contribution in [-0.4, -0.2) is 62.4 Å². The van der Waals surface area contributed by atoms with Crippen molar-refractivity contribution in [3.05, 3.63) is 29.8 Å². The minimum atomic E-state index is -4.37. The van der Waals surface area contributed by atoms with E-state index in [2.05, 4.69) is 10.6 Å². The maximum Gasteiger partial charge on any atom is 0.405 e. The number of hydrogen-bond donors (Lipinski definition) is 2. The molecule has 148 valence electrons. The van der Waals surface area contributed by atoms with Crippen molar-refractivity contribution < 1.29 is 22.7 Å². The summed E-state index contributed by atoms with van der Waals surface area (Å²) in [6.07, 6.45) is -4.33. The predicted octanol–water partition coefficient (Wildman–Crippen LogP) is 2.00. The lowest BCUT2D eigenvalue weighted by Gasteiger charge is -2.35. The van der Waals surface area contributed by atoms with Gasteiger partial charge in [-0.05, 0) is 24.6 Å². The van der Waals surface area contributed by atoms with Crippen LogP contribution < -0.4 is 15.4 Å². The quantitative estimate of drug-likeness (QED) is 0.741. The van der Waals surface area contributed by atoms with Crippen LogP contribution in [0.3, 0.4) is 0 Å². The van der Waals surface area contributed by atoms with Gasteiger partial charge in [0.25, 0.3) is 0 Å². The Morgan fingerprint density at radius 2 is 1.88 bits per heavy atom. The topological polar surface area (TPSA) is 53.6 Å². The third kappa shape index (κ3) is 7.01. The molecule has 0 radical (unpaired) electrons. The number of rotatable bonds is 7. The molecule has 1 aromatic rings. The van der Waals surface area contributed by atoms with E-state index in [1.807, 2.05) is 6.92 Å². The van der Waals surface area contributed by atoms with Crippen LogP contribution in [-0.2, 0) is 11.2 Å². The van der Waals surface area contributed by atoms with Gasteiger partial charge in [0.2, 0.25) is 5.91 Å². The lowest BCUT2D eigenvalue weighted by atomic mass is 10.1. The minimum absolute atomic E-state index is 0. The lowest BCUT2D eigenvalue weighted by Crippen LogP contribution is -2.57. The Kier molecular flexibility index (Phi) is 9.18. The number of nitrogens with zero attached hydrogens (tertiary/aromatic N) is 1. The highest BCUT2D eigenvalue weighted by molar-refractivity contribution is 5.85. The summed E-state index contributed by atoms with van der Waals surface area (Å²) < 4.78 is 45.1. The third-order valence-electron chi connectivity index (χ3n) is 4.06. The fourth-order valence-electron chi connectivity index (χ4n) is 2.77. The van der Waals surface area contributed by atoms with Crippen LogP contribution in [0.5, 0.6) is 5.75 Å². The van der Waals surface area contributed by atoms with Gasteiger partial charge in [0, 0.05) is 32.7 Å².